The van der Waals surface area contributed by atoms with Gasteiger partial charge in [0.05, 0.1) is 11.9 Å². The fraction of sp³-hybridized carbons (Fsp3) is 0.588. The van der Waals surface area contributed by atoms with Crippen LogP contribution >= 0.6 is 0 Å². The number of aryl methyl sites for hydroxylation is 2. The van der Waals surface area contributed by atoms with Crippen molar-refractivity contribution in [3.8, 4) is 0 Å². The third-order valence-electron chi connectivity index (χ3n) is 3.63. The first-order valence-electron chi connectivity index (χ1n) is 8.02. The Balaban J connectivity index is 3.00. The second-order valence-corrected chi connectivity index (χ2v) is 7.94. The van der Waals surface area contributed by atoms with Gasteiger partial charge in [-0.05, 0) is 50.5 Å². The summed E-state index contributed by atoms with van der Waals surface area (Å²) >= 11 is 0. The zero-order valence-electron chi connectivity index (χ0n) is 14.7. The minimum atomic E-state index is -3.56. The number of carbonyl (C=O) groups excluding carboxylic acids is 1. The maximum absolute atomic E-state index is 12.3. The second-order valence-electron chi connectivity index (χ2n) is 6.08. The summed E-state index contributed by atoms with van der Waals surface area (Å²) in [6.07, 6.45) is 4.15. The lowest BCUT2D eigenvalue weighted by Crippen LogP contribution is -2.48. The Morgan fingerprint density at radius 3 is 2.22 bits per heavy atom. The number of hydrogen-bond donors (Lipinski definition) is 1. The van der Waals surface area contributed by atoms with Gasteiger partial charge in [0.25, 0.3) is 0 Å². The Kier molecular flexibility index (Phi) is 7.06. The van der Waals surface area contributed by atoms with Crippen LogP contribution < -0.4 is 9.62 Å². The van der Waals surface area contributed by atoms with Crippen LogP contribution in [0.4, 0.5) is 5.69 Å². The van der Waals surface area contributed by atoms with E-state index in [2.05, 4.69) is 12.2 Å². The Labute approximate surface area is 140 Å². The van der Waals surface area contributed by atoms with E-state index in [1.165, 1.54) is 4.31 Å². The molecule has 1 N–H and O–H groups in total. The first-order valence-corrected chi connectivity index (χ1v) is 9.87. The predicted octanol–water partition coefficient (Wildman–Crippen LogP) is 2.76. The molecule has 0 aliphatic heterocycles. The van der Waals surface area contributed by atoms with Crippen LogP contribution in [0.2, 0.25) is 0 Å². The van der Waals surface area contributed by atoms with Gasteiger partial charge in [-0.3, -0.25) is 9.10 Å². The number of amides is 1. The molecule has 1 aromatic rings. The molecule has 0 radical (unpaired) electrons. The average Bonchev–Trinajstić information content (AvgIpc) is 2.40. The van der Waals surface area contributed by atoms with E-state index in [0.29, 0.717) is 12.2 Å². The summed E-state index contributed by atoms with van der Waals surface area (Å²) in [5.41, 5.74) is 2.45. The summed E-state index contributed by atoms with van der Waals surface area (Å²) in [7, 11) is -3.56. The van der Waals surface area contributed by atoms with E-state index >= 15 is 0 Å². The second kappa shape index (κ2) is 8.34. The number of sulfonamides is 1. The summed E-state index contributed by atoms with van der Waals surface area (Å²) in [4.78, 5) is 12.3. The van der Waals surface area contributed by atoms with Crippen molar-refractivity contribution in [2.75, 3.05) is 17.1 Å². The first kappa shape index (κ1) is 19.5. The van der Waals surface area contributed by atoms with E-state index in [4.69, 9.17) is 0 Å². The quantitative estimate of drug-likeness (QED) is 0.740. The molecular formula is C17H28N2O3S. The number of anilines is 1. The van der Waals surface area contributed by atoms with Gasteiger partial charge in [-0.1, -0.05) is 25.8 Å². The molecule has 6 heteroatoms. The van der Waals surface area contributed by atoms with Crippen molar-refractivity contribution in [2.45, 2.75) is 53.0 Å². The van der Waals surface area contributed by atoms with Gasteiger partial charge in [-0.15, -0.1) is 0 Å². The molecule has 130 valence electrons. The van der Waals surface area contributed by atoms with Crippen LogP contribution in [-0.2, 0) is 14.8 Å². The molecule has 0 spiro atoms. The van der Waals surface area contributed by atoms with Gasteiger partial charge >= 0.3 is 0 Å². The van der Waals surface area contributed by atoms with Gasteiger partial charge in [0.15, 0.2) is 0 Å². The summed E-state index contributed by atoms with van der Waals surface area (Å²) in [5, 5.41) is 2.82. The molecule has 0 unspecified atom stereocenters. The molecule has 1 rings (SSSR count). The summed E-state index contributed by atoms with van der Waals surface area (Å²) in [6.45, 7) is 8.10. The van der Waals surface area contributed by atoms with Gasteiger partial charge in [0, 0.05) is 6.54 Å². The first-order chi connectivity index (χ1) is 10.7. The Bertz CT molecular complexity index is 621. The van der Waals surface area contributed by atoms with Crippen LogP contribution in [0.25, 0.3) is 0 Å². The number of unbranched alkanes of at least 4 members (excludes halogenated alkanes) is 2. The molecule has 0 aromatic heterocycles. The lowest BCUT2D eigenvalue weighted by Gasteiger charge is -2.28. The number of benzene rings is 1. The fourth-order valence-corrected chi connectivity index (χ4v) is 3.78. The smallest absolute Gasteiger partial charge is 0.243 e. The molecule has 23 heavy (non-hydrogen) atoms. The van der Waals surface area contributed by atoms with Crippen LogP contribution in [0.15, 0.2) is 18.2 Å². The van der Waals surface area contributed by atoms with Gasteiger partial charge in [-0.25, -0.2) is 8.42 Å². The Morgan fingerprint density at radius 2 is 1.74 bits per heavy atom. The number of carbonyl (C=O) groups is 1. The van der Waals surface area contributed by atoms with E-state index in [1.54, 1.807) is 19.1 Å². The standard InChI is InChI=1S/C17H28N2O3S/c1-6-7-8-9-18-17(20)15(4)19(23(5,21)22)16-11-13(2)10-14(3)12-16/h10-12,15H,6-9H2,1-5H3,(H,18,20)/t15-/m1/s1. The summed E-state index contributed by atoms with van der Waals surface area (Å²) < 4.78 is 25.6. The number of nitrogens with zero attached hydrogens (tertiary/aromatic N) is 1. The monoisotopic (exact) mass is 340 g/mol. The van der Waals surface area contributed by atoms with E-state index in [9.17, 15) is 13.2 Å². The highest BCUT2D eigenvalue weighted by Gasteiger charge is 2.29. The van der Waals surface area contributed by atoms with Gasteiger partial charge in [0.1, 0.15) is 6.04 Å². The number of nitrogens with one attached hydrogen (secondary N) is 1. The average molecular weight is 340 g/mol. The van der Waals surface area contributed by atoms with E-state index in [1.807, 2.05) is 19.9 Å². The van der Waals surface area contributed by atoms with Crippen molar-refractivity contribution in [3.63, 3.8) is 0 Å². The molecule has 0 aliphatic carbocycles. The van der Waals surface area contributed by atoms with E-state index in [0.717, 1.165) is 36.6 Å². The molecule has 0 fully saturated rings. The topological polar surface area (TPSA) is 66.5 Å². The molecule has 5 nitrogen and oxygen atoms in total. The maximum Gasteiger partial charge on any atom is 0.243 e. The predicted molar refractivity (Wildman–Crippen MR) is 95.2 cm³/mol. The molecule has 0 saturated heterocycles. The van der Waals surface area contributed by atoms with Crippen LogP contribution in [0.3, 0.4) is 0 Å². The van der Waals surface area contributed by atoms with Crippen molar-refractivity contribution >= 4 is 21.6 Å². The van der Waals surface area contributed by atoms with Gasteiger partial charge in [-0.2, -0.15) is 0 Å². The van der Waals surface area contributed by atoms with E-state index < -0.39 is 16.1 Å². The zero-order valence-corrected chi connectivity index (χ0v) is 15.5. The highest BCUT2D eigenvalue weighted by molar-refractivity contribution is 7.92. The van der Waals surface area contributed by atoms with Crippen molar-refractivity contribution in [2.24, 2.45) is 0 Å². The van der Waals surface area contributed by atoms with Crippen LogP contribution in [0.5, 0.6) is 0 Å². The Morgan fingerprint density at radius 1 is 1.17 bits per heavy atom. The highest BCUT2D eigenvalue weighted by Crippen LogP contribution is 2.23. The molecule has 0 saturated carbocycles. The lowest BCUT2D eigenvalue weighted by atomic mass is 10.1. The van der Waals surface area contributed by atoms with Crippen LogP contribution in [0, 0.1) is 13.8 Å². The van der Waals surface area contributed by atoms with Crippen molar-refractivity contribution in [3.05, 3.63) is 29.3 Å². The summed E-state index contributed by atoms with van der Waals surface area (Å²) in [5.74, 6) is -0.273. The maximum atomic E-state index is 12.3. The number of hydrogen-bond acceptors (Lipinski definition) is 3. The molecule has 1 amide bonds. The largest absolute Gasteiger partial charge is 0.354 e. The molecule has 0 aliphatic rings. The minimum Gasteiger partial charge on any atom is -0.354 e. The molecular weight excluding hydrogens is 312 g/mol. The summed E-state index contributed by atoms with van der Waals surface area (Å²) in [6, 6.07) is 4.76. The Hall–Kier alpha value is -1.56. The molecule has 1 atom stereocenters. The molecule has 0 bridgehead atoms. The van der Waals surface area contributed by atoms with Crippen LogP contribution in [-0.4, -0.2) is 33.2 Å². The SMILES string of the molecule is CCCCCNC(=O)[C@@H](C)N(c1cc(C)cc(C)c1)S(C)(=O)=O. The lowest BCUT2D eigenvalue weighted by molar-refractivity contribution is -0.121. The zero-order chi connectivity index (χ0) is 17.6. The van der Waals surface area contributed by atoms with Crippen molar-refractivity contribution in [1.29, 1.82) is 0 Å². The van der Waals surface area contributed by atoms with Crippen molar-refractivity contribution < 1.29 is 13.2 Å². The number of rotatable bonds is 8. The normalized spacial score (nSPS) is 12.7. The molecule has 0 heterocycles. The molecule has 1 aromatic carbocycles. The van der Waals surface area contributed by atoms with Gasteiger partial charge in [0.2, 0.25) is 15.9 Å². The van der Waals surface area contributed by atoms with Gasteiger partial charge < -0.3 is 5.32 Å². The third kappa shape index (κ3) is 5.86. The third-order valence-corrected chi connectivity index (χ3v) is 4.87. The van der Waals surface area contributed by atoms with E-state index in [-0.39, 0.29) is 5.91 Å². The van der Waals surface area contributed by atoms with Crippen LogP contribution in [0.1, 0.15) is 44.2 Å². The minimum absolute atomic E-state index is 0.273. The van der Waals surface area contributed by atoms with Crippen molar-refractivity contribution in [1.82, 2.24) is 5.32 Å². The fourth-order valence-electron chi connectivity index (χ4n) is 2.62. The highest BCUT2D eigenvalue weighted by atomic mass is 32.2.